The first kappa shape index (κ1) is 13.8. The van der Waals surface area contributed by atoms with Gasteiger partial charge in [0, 0.05) is 38.0 Å². The minimum Gasteiger partial charge on any atom is -0.441 e. The van der Waals surface area contributed by atoms with Crippen molar-refractivity contribution in [2.24, 2.45) is 7.05 Å². The van der Waals surface area contributed by atoms with Crippen LogP contribution in [0.1, 0.15) is 22.1 Å². The summed E-state index contributed by atoms with van der Waals surface area (Å²) in [5.41, 5.74) is 1.78. The van der Waals surface area contributed by atoms with Crippen molar-refractivity contribution in [1.29, 1.82) is 0 Å². The van der Waals surface area contributed by atoms with Gasteiger partial charge in [-0.2, -0.15) is 0 Å². The molecule has 3 aromatic rings. The molecule has 0 bridgehead atoms. The summed E-state index contributed by atoms with van der Waals surface area (Å²) < 4.78 is 7.60. The SMILES string of the molecule is Cn1ccnc1C(=O)N1CCc2oc(-c3ccccc3)nc2C1. The molecule has 0 atom stereocenters. The van der Waals surface area contributed by atoms with E-state index >= 15 is 0 Å². The third-order valence-corrected chi connectivity index (χ3v) is 4.05. The number of oxazole rings is 1. The summed E-state index contributed by atoms with van der Waals surface area (Å²) in [6.07, 6.45) is 4.07. The Labute approximate surface area is 133 Å². The third kappa shape index (κ3) is 2.42. The van der Waals surface area contributed by atoms with Crippen LogP contribution in [0.5, 0.6) is 0 Å². The van der Waals surface area contributed by atoms with Crippen molar-refractivity contribution >= 4 is 5.91 Å². The van der Waals surface area contributed by atoms with E-state index < -0.39 is 0 Å². The summed E-state index contributed by atoms with van der Waals surface area (Å²) in [6.45, 7) is 1.07. The molecule has 6 nitrogen and oxygen atoms in total. The zero-order valence-electron chi connectivity index (χ0n) is 12.8. The highest BCUT2D eigenvalue weighted by Crippen LogP contribution is 2.26. The number of hydrogen-bond acceptors (Lipinski definition) is 4. The van der Waals surface area contributed by atoms with Crippen molar-refractivity contribution in [2.75, 3.05) is 6.54 Å². The highest BCUT2D eigenvalue weighted by Gasteiger charge is 2.28. The van der Waals surface area contributed by atoms with Gasteiger partial charge in [-0.05, 0) is 12.1 Å². The van der Waals surface area contributed by atoms with Crippen LogP contribution in [0.4, 0.5) is 0 Å². The first-order chi connectivity index (χ1) is 11.2. The maximum atomic E-state index is 12.6. The molecule has 0 N–H and O–H groups in total. The van der Waals surface area contributed by atoms with Crippen LogP contribution in [0, 0.1) is 0 Å². The number of hydrogen-bond donors (Lipinski definition) is 0. The van der Waals surface area contributed by atoms with E-state index in [9.17, 15) is 4.79 Å². The van der Waals surface area contributed by atoms with E-state index in [0.29, 0.717) is 31.2 Å². The minimum absolute atomic E-state index is 0.0765. The number of aromatic nitrogens is 3. The van der Waals surface area contributed by atoms with Gasteiger partial charge in [-0.25, -0.2) is 9.97 Å². The lowest BCUT2D eigenvalue weighted by molar-refractivity contribution is 0.0712. The predicted octanol–water partition coefficient (Wildman–Crippen LogP) is 2.27. The average molecular weight is 308 g/mol. The molecule has 0 radical (unpaired) electrons. The van der Waals surface area contributed by atoms with Crippen LogP contribution < -0.4 is 0 Å². The molecule has 23 heavy (non-hydrogen) atoms. The molecule has 4 rings (SSSR count). The standard InChI is InChI=1S/C17H16N4O2/c1-20-10-8-18-15(20)17(22)21-9-7-14-13(11-21)19-16(23-14)12-5-3-2-4-6-12/h2-6,8,10H,7,9,11H2,1H3. The first-order valence-electron chi connectivity index (χ1n) is 7.53. The van der Waals surface area contributed by atoms with Crippen LogP contribution in [0.3, 0.4) is 0 Å². The lowest BCUT2D eigenvalue weighted by Gasteiger charge is -2.24. The summed E-state index contributed by atoms with van der Waals surface area (Å²) in [5.74, 6) is 1.85. The number of carbonyl (C=O) groups is 1. The van der Waals surface area contributed by atoms with Crippen molar-refractivity contribution in [3.63, 3.8) is 0 Å². The summed E-state index contributed by atoms with van der Waals surface area (Å²) in [5, 5.41) is 0. The largest absolute Gasteiger partial charge is 0.441 e. The monoisotopic (exact) mass is 308 g/mol. The summed E-state index contributed by atoms with van der Waals surface area (Å²) >= 11 is 0. The van der Waals surface area contributed by atoms with Gasteiger partial charge >= 0.3 is 0 Å². The Morgan fingerprint density at radius 2 is 2.09 bits per heavy atom. The number of benzene rings is 1. The third-order valence-electron chi connectivity index (χ3n) is 4.05. The van der Waals surface area contributed by atoms with Crippen LogP contribution in [0.25, 0.3) is 11.5 Å². The van der Waals surface area contributed by atoms with Gasteiger partial charge in [-0.3, -0.25) is 4.79 Å². The van der Waals surface area contributed by atoms with E-state index in [0.717, 1.165) is 17.0 Å². The Kier molecular flexibility index (Phi) is 3.22. The van der Waals surface area contributed by atoms with Crippen molar-refractivity contribution in [3.8, 4) is 11.5 Å². The van der Waals surface area contributed by atoms with E-state index in [1.165, 1.54) is 0 Å². The Bertz CT molecular complexity index is 851. The molecule has 1 amide bonds. The topological polar surface area (TPSA) is 64.2 Å². The van der Waals surface area contributed by atoms with Crippen molar-refractivity contribution in [3.05, 3.63) is 60.0 Å². The first-order valence-corrected chi connectivity index (χ1v) is 7.53. The number of rotatable bonds is 2. The molecule has 116 valence electrons. The molecule has 0 saturated heterocycles. The Balaban J connectivity index is 1.59. The average Bonchev–Trinajstić information content (AvgIpc) is 3.20. The molecule has 0 aliphatic carbocycles. The van der Waals surface area contributed by atoms with Crippen molar-refractivity contribution < 1.29 is 9.21 Å². The van der Waals surface area contributed by atoms with Crippen molar-refractivity contribution in [2.45, 2.75) is 13.0 Å². The lowest BCUT2D eigenvalue weighted by Crippen LogP contribution is -2.37. The van der Waals surface area contributed by atoms with Crippen LogP contribution in [-0.4, -0.2) is 31.9 Å². The maximum Gasteiger partial charge on any atom is 0.290 e. The Morgan fingerprint density at radius 1 is 1.26 bits per heavy atom. The molecule has 0 saturated carbocycles. The number of amides is 1. The summed E-state index contributed by atoms with van der Waals surface area (Å²) in [6, 6.07) is 9.80. The lowest BCUT2D eigenvalue weighted by atomic mass is 10.1. The number of aryl methyl sites for hydroxylation is 1. The predicted molar refractivity (Wildman–Crippen MR) is 83.6 cm³/mol. The fraction of sp³-hybridized carbons (Fsp3) is 0.235. The molecule has 1 aromatic carbocycles. The molecule has 2 aromatic heterocycles. The molecular weight excluding hydrogens is 292 g/mol. The Morgan fingerprint density at radius 3 is 2.83 bits per heavy atom. The molecule has 0 unspecified atom stereocenters. The second-order valence-electron chi connectivity index (χ2n) is 5.59. The molecule has 1 aliphatic heterocycles. The van der Waals surface area contributed by atoms with E-state index in [1.54, 1.807) is 21.9 Å². The molecular formula is C17H16N4O2. The Hall–Kier alpha value is -2.89. The van der Waals surface area contributed by atoms with E-state index in [1.807, 2.05) is 37.4 Å². The van der Waals surface area contributed by atoms with E-state index in [2.05, 4.69) is 9.97 Å². The molecule has 0 fully saturated rings. The summed E-state index contributed by atoms with van der Waals surface area (Å²) in [4.78, 5) is 23.0. The van der Waals surface area contributed by atoms with Gasteiger partial charge in [0.25, 0.3) is 5.91 Å². The van der Waals surface area contributed by atoms with Gasteiger partial charge in [0.15, 0.2) is 5.82 Å². The second-order valence-corrected chi connectivity index (χ2v) is 5.59. The van der Waals surface area contributed by atoms with Gasteiger partial charge in [-0.15, -0.1) is 0 Å². The smallest absolute Gasteiger partial charge is 0.290 e. The van der Waals surface area contributed by atoms with Crippen LogP contribution in [-0.2, 0) is 20.0 Å². The van der Waals surface area contributed by atoms with Crippen LogP contribution in [0.2, 0.25) is 0 Å². The van der Waals surface area contributed by atoms with Gasteiger partial charge in [0.05, 0.1) is 6.54 Å². The zero-order valence-corrected chi connectivity index (χ0v) is 12.8. The highest BCUT2D eigenvalue weighted by atomic mass is 16.4. The quantitative estimate of drug-likeness (QED) is 0.728. The number of fused-ring (bicyclic) bond motifs is 1. The molecule has 6 heteroatoms. The van der Waals surface area contributed by atoms with Crippen LogP contribution in [0.15, 0.2) is 47.1 Å². The van der Waals surface area contributed by atoms with Gasteiger partial charge < -0.3 is 13.9 Å². The molecule has 3 heterocycles. The maximum absolute atomic E-state index is 12.6. The van der Waals surface area contributed by atoms with Crippen LogP contribution >= 0.6 is 0 Å². The zero-order chi connectivity index (χ0) is 15.8. The fourth-order valence-electron chi connectivity index (χ4n) is 2.79. The van der Waals surface area contributed by atoms with Gasteiger partial charge in [0.2, 0.25) is 5.89 Å². The highest BCUT2D eigenvalue weighted by molar-refractivity contribution is 5.90. The van der Waals surface area contributed by atoms with E-state index in [4.69, 9.17) is 4.42 Å². The minimum atomic E-state index is -0.0765. The number of carbonyl (C=O) groups excluding carboxylic acids is 1. The van der Waals surface area contributed by atoms with E-state index in [-0.39, 0.29) is 5.91 Å². The number of nitrogens with zero attached hydrogens (tertiary/aromatic N) is 4. The fourth-order valence-corrected chi connectivity index (χ4v) is 2.79. The molecule has 0 spiro atoms. The second kappa shape index (κ2) is 5.39. The summed E-state index contributed by atoms with van der Waals surface area (Å²) in [7, 11) is 1.82. The number of imidazole rings is 1. The van der Waals surface area contributed by atoms with Gasteiger partial charge in [0.1, 0.15) is 11.5 Å². The van der Waals surface area contributed by atoms with Crippen molar-refractivity contribution in [1.82, 2.24) is 19.4 Å². The van der Waals surface area contributed by atoms with Gasteiger partial charge in [-0.1, -0.05) is 18.2 Å². The molecule has 1 aliphatic rings. The normalized spacial score (nSPS) is 13.9.